The topological polar surface area (TPSA) is 23.6 Å². The van der Waals surface area contributed by atoms with Gasteiger partial charge in [0.25, 0.3) is 0 Å². The van der Waals surface area contributed by atoms with Gasteiger partial charge in [-0.2, -0.15) is 0 Å². The van der Waals surface area contributed by atoms with Crippen molar-refractivity contribution in [2.45, 2.75) is 32.2 Å². The van der Waals surface area contributed by atoms with Gasteiger partial charge in [-0.25, -0.2) is 0 Å². The van der Waals surface area contributed by atoms with Crippen molar-refractivity contribution < 1.29 is 9.18 Å². The van der Waals surface area contributed by atoms with Gasteiger partial charge >= 0.3 is 0 Å². The van der Waals surface area contributed by atoms with Gasteiger partial charge < -0.3 is 4.90 Å². The van der Waals surface area contributed by atoms with Crippen LogP contribution in [0.3, 0.4) is 0 Å². The molecule has 0 saturated carbocycles. The maximum Gasteiger partial charge on any atom is 0.225 e. The van der Waals surface area contributed by atoms with Crippen molar-refractivity contribution in [1.82, 2.24) is 9.80 Å². The number of carbonyl (C=O) groups is 1. The van der Waals surface area contributed by atoms with Crippen LogP contribution in [0.5, 0.6) is 0 Å². The summed E-state index contributed by atoms with van der Waals surface area (Å²) in [5.74, 6) is -0.0522. The molecule has 1 fully saturated rings. The monoisotopic (exact) mass is 216 g/mol. The Hall–Kier alpha value is -0.640. The molecule has 0 aromatic heterocycles. The van der Waals surface area contributed by atoms with Crippen LogP contribution in [0, 0.1) is 0 Å². The first-order chi connectivity index (χ1) is 6.97. The van der Waals surface area contributed by atoms with E-state index >= 15 is 0 Å². The number of amides is 1. The Bertz CT molecular complexity index is 231. The number of halogens is 1. The number of nitrogens with zero attached hydrogens (tertiary/aromatic N) is 2. The summed E-state index contributed by atoms with van der Waals surface area (Å²) in [5, 5.41) is 0. The van der Waals surface area contributed by atoms with Crippen molar-refractivity contribution in [2.75, 3.05) is 33.4 Å². The Morgan fingerprint density at radius 3 is 2.60 bits per heavy atom. The van der Waals surface area contributed by atoms with Gasteiger partial charge in [0.1, 0.15) is 0 Å². The van der Waals surface area contributed by atoms with Crippen molar-refractivity contribution >= 4 is 5.91 Å². The average molecular weight is 216 g/mol. The second-order valence-electron chi connectivity index (χ2n) is 4.80. The van der Waals surface area contributed by atoms with Crippen molar-refractivity contribution in [1.29, 1.82) is 0 Å². The lowest BCUT2D eigenvalue weighted by molar-refractivity contribution is -0.131. The van der Waals surface area contributed by atoms with Crippen LogP contribution in [0.1, 0.15) is 26.7 Å². The van der Waals surface area contributed by atoms with E-state index < -0.39 is 6.67 Å². The predicted octanol–water partition coefficient (Wildman–Crippen LogP) is 1.29. The molecule has 15 heavy (non-hydrogen) atoms. The highest BCUT2D eigenvalue weighted by Crippen LogP contribution is 2.20. The lowest BCUT2D eigenvalue weighted by Gasteiger charge is -2.32. The molecule has 0 N–H and O–H groups in total. The third kappa shape index (κ3) is 3.16. The van der Waals surface area contributed by atoms with Gasteiger partial charge in [0.15, 0.2) is 0 Å². The number of rotatable bonds is 2. The summed E-state index contributed by atoms with van der Waals surface area (Å²) >= 11 is 0. The molecule has 3 nitrogen and oxygen atoms in total. The first kappa shape index (κ1) is 12.4. The van der Waals surface area contributed by atoms with E-state index in [0.717, 1.165) is 26.1 Å². The van der Waals surface area contributed by atoms with Crippen molar-refractivity contribution in [3.63, 3.8) is 0 Å². The van der Waals surface area contributed by atoms with Crippen LogP contribution in [0.2, 0.25) is 0 Å². The van der Waals surface area contributed by atoms with Crippen LogP contribution in [-0.4, -0.2) is 54.6 Å². The number of likely N-dealkylation sites (N-methyl/N-ethyl adjacent to an activating group) is 1. The molecule has 1 aliphatic rings. The summed E-state index contributed by atoms with van der Waals surface area (Å²) in [6.07, 6.45) is 0.978. The Morgan fingerprint density at radius 2 is 2.00 bits per heavy atom. The fourth-order valence-electron chi connectivity index (χ4n) is 1.77. The largest absolute Gasteiger partial charge is 0.341 e. The zero-order valence-corrected chi connectivity index (χ0v) is 9.92. The van der Waals surface area contributed by atoms with Crippen LogP contribution in [-0.2, 0) is 4.79 Å². The zero-order valence-electron chi connectivity index (χ0n) is 9.92. The highest BCUT2D eigenvalue weighted by Gasteiger charge is 2.29. The fraction of sp³-hybridized carbons (Fsp3) is 0.909. The summed E-state index contributed by atoms with van der Waals surface area (Å²) in [6.45, 7) is 6.14. The van der Waals surface area contributed by atoms with Gasteiger partial charge in [-0.1, -0.05) is 0 Å². The van der Waals surface area contributed by atoms with E-state index in [1.807, 2.05) is 0 Å². The Kier molecular flexibility index (Phi) is 4.08. The van der Waals surface area contributed by atoms with Crippen LogP contribution < -0.4 is 0 Å². The molecule has 0 aromatic rings. The molecule has 0 radical (unpaired) electrons. The second kappa shape index (κ2) is 4.92. The molecule has 0 aromatic carbocycles. The molecule has 4 heteroatoms. The molecule has 88 valence electrons. The molecule has 1 saturated heterocycles. The summed E-state index contributed by atoms with van der Waals surface area (Å²) in [4.78, 5) is 15.6. The van der Waals surface area contributed by atoms with Crippen LogP contribution in [0.25, 0.3) is 0 Å². The van der Waals surface area contributed by atoms with E-state index in [9.17, 15) is 9.18 Å². The maximum absolute atomic E-state index is 12.1. The second-order valence-corrected chi connectivity index (χ2v) is 4.80. The van der Waals surface area contributed by atoms with Crippen LogP contribution in [0.15, 0.2) is 0 Å². The maximum atomic E-state index is 12.1. The van der Waals surface area contributed by atoms with E-state index in [2.05, 4.69) is 25.8 Å². The normalized spacial score (nSPS) is 22.5. The molecule has 1 amide bonds. The first-order valence-corrected chi connectivity index (χ1v) is 5.52. The van der Waals surface area contributed by atoms with E-state index in [-0.39, 0.29) is 17.9 Å². The van der Waals surface area contributed by atoms with Gasteiger partial charge in [-0.15, -0.1) is 0 Å². The summed E-state index contributed by atoms with van der Waals surface area (Å²) in [5.41, 5.74) is 0.130. The Labute approximate surface area is 91.2 Å². The minimum Gasteiger partial charge on any atom is -0.341 e. The molecule has 1 rings (SSSR count). The van der Waals surface area contributed by atoms with Gasteiger partial charge in [0.2, 0.25) is 5.91 Å². The zero-order chi connectivity index (χ0) is 11.5. The number of carbonyl (C=O) groups excluding carboxylic acids is 1. The van der Waals surface area contributed by atoms with E-state index in [1.54, 1.807) is 4.90 Å². The highest BCUT2D eigenvalue weighted by atomic mass is 19.1. The van der Waals surface area contributed by atoms with E-state index in [0.29, 0.717) is 0 Å². The third-order valence-electron chi connectivity index (χ3n) is 3.39. The smallest absolute Gasteiger partial charge is 0.225 e. The first-order valence-electron chi connectivity index (χ1n) is 5.52. The standard InChI is InChI=1S/C11H21FN2O/c1-11(2)5-7-14(9-8-13(11)3)10(15)4-6-12/h4-9H2,1-3H3. The fourth-order valence-corrected chi connectivity index (χ4v) is 1.77. The molecular formula is C11H21FN2O. The van der Waals surface area contributed by atoms with E-state index in [4.69, 9.17) is 0 Å². The van der Waals surface area contributed by atoms with Crippen LogP contribution >= 0.6 is 0 Å². The minimum atomic E-state index is -0.547. The minimum absolute atomic E-state index is 0.0319. The van der Waals surface area contributed by atoms with Gasteiger partial charge in [-0.05, 0) is 27.3 Å². The summed E-state index contributed by atoms with van der Waals surface area (Å²) in [7, 11) is 2.07. The van der Waals surface area contributed by atoms with Crippen molar-refractivity contribution in [3.05, 3.63) is 0 Å². The molecule has 1 heterocycles. The lowest BCUT2D eigenvalue weighted by Crippen LogP contribution is -2.41. The molecule has 0 atom stereocenters. The summed E-state index contributed by atoms with van der Waals surface area (Å²) in [6, 6.07) is 0. The molecular weight excluding hydrogens is 195 g/mol. The van der Waals surface area contributed by atoms with Gasteiger partial charge in [0.05, 0.1) is 13.1 Å². The van der Waals surface area contributed by atoms with Gasteiger partial charge in [0, 0.05) is 25.2 Å². The lowest BCUT2D eigenvalue weighted by atomic mass is 9.99. The molecule has 0 bridgehead atoms. The van der Waals surface area contributed by atoms with E-state index in [1.165, 1.54) is 0 Å². The summed E-state index contributed by atoms with van der Waals surface area (Å²) < 4.78 is 12.1. The number of hydrogen-bond donors (Lipinski definition) is 0. The van der Waals surface area contributed by atoms with Crippen molar-refractivity contribution in [3.8, 4) is 0 Å². The average Bonchev–Trinajstić information content (AvgIpc) is 2.28. The number of alkyl halides is 1. The molecule has 0 spiro atoms. The molecule has 1 aliphatic heterocycles. The predicted molar refractivity (Wildman–Crippen MR) is 58.5 cm³/mol. The third-order valence-corrected chi connectivity index (χ3v) is 3.39. The molecule has 0 unspecified atom stereocenters. The van der Waals surface area contributed by atoms with Crippen LogP contribution in [0.4, 0.5) is 4.39 Å². The number of hydrogen-bond acceptors (Lipinski definition) is 2. The van der Waals surface area contributed by atoms with Gasteiger partial charge in [-0.3, -0.25) is 14.1 Å². The Morgan fingerprint density at radius 1 is 1.33 bits per heavy atom. The molecule has 0 aliphatic carbocycles. The quantitative estimate of drug-likeness (QED) is 0.694. The highest BCUT2D eigenvalue weighted by molar-refractivity contribution is 5.76. The Balaban J connectivity index is 2.56. The SMILES string of the molecule is CN1CCN(C(=O)CCF)CCC1(C)C. The van der Waals surface area contributed by atoms with Crippen molar-refractivity contribution in [2.24, 2.45) is 0 Å².